The largest absolute Gasteiger partial charge is 0.497 e. The Morgan fingerprint density at radius 1 is 0.941 bits per heavy atom. The third-order valence-electron chi connectivity index (χ3n) is 5.25. The monoisotopic (exact) mass is 457 g/mol. The number of hydrogen-bond acceptors (Lipinski definition) is 6. The molecule has 0 fully saturated rings. The molecular formula is C27H27N3O4. The Labute approximate surface area is 198 Å². The lowest BCUT2D eigenvalue weighted by molar-refractivity contribution is -0.121. The summed E-state index contributed by atoms with van der Waals surface area (Å²) in [6.45, 7) is 0.954. The van der Waals surface area contributed by atoms with Crippen LogP contribution in [0, 0.1) is 0 Å². The van der Waals surface area contributed by atoms with E-state index < -0.39 is 0 Å². The second-order valence-corrected chi connectivity index (χ2v) is 7.79. The lowest BCUT2D eigenvalue weighted by Crippen LogP contribution is -2.22. The number of aromatic nitrogens is 2. The SMILES string of the molecule is COc1ccc(-c2noc(CCCC(=O)NCc3cccc(OCc4ccccc4)c3)n2)cc1. The first-order valence-corrected chi connectivity index (χ1v) is 11.2. The van der Waals surface area contributed by atoms with Crippen LogP contribution in [0.25, 0.3) is 11.4 Å². The highest BCUT2D eigenvalue weighted by Gasteiger charge is 2.10. The molecule has 1 aromatic heterocycles. The van der Waals surface area contributed by atoms with Gasteiger partial charge < -0.3 is 19.3 Å². The minimum atomic E-state index is -0.0227. The van der Waals surface area contributed by atoms with E-state index in [0.717, 1.165) is 28.2 Å². The molecule has 0 saturated heterocycles. The topological polar surface area (TPSA) is 86.5 Å². The van der Waals surface area contributed by atoms with Gasteiger partial charge >= 0.3 is 0 Å². The number of nitrogens with one attached hydrogen (secondary N) is 1. The van der Waals surface area contributed by atoms with E-state index in [4.69, 9.17) is 14.0 Å². The van der Waals surface area contributed by atoms with E-state index in [1.54, 1.807) is 7.11 Å². The molecule has 34 heavy (non-hydrogen) atoms. The van der Waals surface area contributed by atoms with Gasteiger partial charge in [0, 0.05) is 24.9 Å². The third-order valence-corrected chi connectivity index (χ3v) is 5.25. The molecule has 0 aliphatic carbocycles. The summed E-state index contributed by atoms with van der Waals surface area (Å²) in [5.74, 6) is 2.56. The van der Waals surface area contributed by atoms with Gasteiger partial charge in [0.1, 0.15) is 18.1 Å². The summed E-state index contributed by atoms with van der Waals surface area (Å²) in [5, 5.41) is 6.97. The number of carbonyl (C=O) groups excluding carboxylic acids is 1. The van der Waals surface area contributed by atoms with Gasteiger partial charge in [-0.3, -0.25) is 4.79 Å². The quantitative estimate of drug-likeness (QED) is 0.342. The van der Waals surface area contributed by atoms with E-state index in [9.17, 15) is 4.79 Å². The predicted octanol–water partition coefficient (Wildman–Crippen LogP) is 4.96. The Kier molecular flexibility index (Phi) is 7.90. The summed E-state index contributed by atoms with van der Waals surface area (Å²) in [7, 11) is 1.62. The highest BCUT2D eigenvalue weighted by molar-refractivity contribution is 5.75. The number of hydrogen-bond donors (Lipinski definition) is 1. The van der Waals surface area contributed by atoms with E-state index in [2.05, 4.69) is 15.5 Å². The molecule has 0 unspecified atom stereocenters. The molecule has 1 N–H and O–H groups in total. The summed E-state index contributed by atoms with van der Waals surface area (Å²) >= 11 is 0. The van der Waals surface area contributed by atoms with Gasteiger partial charge in [0.15, 0.2) is 0 Å². The van der Waals surface area contributed by atoms with E-state index in [1.165, 1.54) is 0 Å². The molecule has 1 amide bonds. The summed E-state index contributed by atoms with van der Waals surface area (Å²) in [6, 6.07) is 25.2. The molecule has 0 aliphatic rings. The lowest BCUT2D eigenvalue weighted by Gasteiger charge is -2.09. The number of rotatable bonds is 11. The van der Waals surface area contributed by atoms with Crippen LogP contribution in [0.2, 0.25) is 0 Å². The zero-order chi connectivity index (χ0) is 23.6. The minimum absolute atomic E-state index is 0.0227. The van der Waals surface area contributed by atoms with Gasteiger partial charge in [-0.25, -0.2) is 0 Å². The van der Waals surface area contributed by atoms with Gasteiger partial charge in [-0.1, -0.05) is 47.6 Å². The molecular weight excluding hydrogens is 430 g/mol. The second kappa shape index (κ2) is 11.7. The fourth-order valence-corrected chi connectivity index (χ4v) is 3.39. The average molecular weight is 458 g/mol. The number of benzene rings is 3. The molecule has 4 rings (SSSR count). The molecule has 0 saturated carbocycles. The Morgan fingerprint density at radius 2 is 1.74 bits per heavy atom. The van der Waals surface area contributed by atoms with Crippen molar-refractivity contribution in [3.8, 4) is 22.9 Å². The molecule has 0 spiro atoms. The molecule has 0 bridgehead atoms. The fraction of sp³-hybridized carbons (Fsp3) is 0.222. The molecule has 4 aromatic rings. The smallest absolute Gasteiger partial charge is 0.226 e. The summed E-state index contributed by atoms with van der Waals surface area (Å²) < 4.78 is 16.3. The van der Waals surface area contributed by atoms with Crippen molar-refractivity contribution < 1.29 is 18.8 Å². The minimum Gasteiger partial charge on any atom is -0.497 e. The maximum absolute atomic E-state index is 12.3. The van der Waals surface area contributed by atoms with Crippen LogP contribution < -0.4 is 14.8 Å². The van der Waals surface area contributed by atoms with Crippen LogP contribution in [0.5, 0.6) is 11.5 Å². The van der Waals surface area contributed by atoms with Gasteiger partial charge in [-0.15, -0.1) is 0 Å². The van der Waals surface area contributed by atoms with E-state index in [-0.39, 0.29) is 5.91 Å². The molecule has 174 valence electrons. The highest BCUT2D eigenvalue weighted by atomic mass is 16.5. The first kappa shape index (κ1) is 23.0. The lowest BCUT2D eigenvalue weighted by atomic mass is 10.2. The number of methoxy groups -OCH3 is 1. The predicted molar refractivity (Wildman–Crippen MR) is 128 cm³/mol. The zero-order valence-corrected chi connectivity index (χ0v) is 19.1. The summed E-state index contributed by atoms with van der Waals surface area (Å²) in [6.07, 6.45) is 1.54. The zero-order valence-electron chi connectivity index (χ0n) is 19.1. The van der Waals surface area contributed by atoms with Crippen LogP contribution in [-0.4, -0.2) is 23.2 Å². The van der Waals surface area contributed by atoms with Crippen LogP contribution in [0.1, 0.15) is 29.9 Å². The van der Waals surface area contributed by atoms with Crippen molar-refractivity contribution in [2.24, 2.45) is 0 Å². The van der Waals surface area contributed by atoms with Crippen LogP contribution in [0.15, 0.2) is 83.4 Å². The highest BCUT2D eigenvalue weighted by Crippen LogP contribution is 2.20. The molecule has 3 aromatic carbocycles. The van der Waals surface area contributed by atoms with E-state index in [0.29, 0.717) is 44.1 Å². The third kappa shape index (κ3) is 6.68. The number of amides is 1. The van der Waals surface area contributed by atoms with Gasteiger partial charge in [-0.2, -0.15) is 4.98 Å². The van der Waals surface area contributed by atoms with Gasteiger partial charge in [0.05, 0.1) is 7.11 Å². The number of ether oxygens (including phenoxy) is 2. The number of carbonyl (C=O) groups is 1. The normalized spacial score (nSPS) is 10.6. The Morgan fingerprint density at radius 3 is 2.53 bits per heavy atom. The van der Waals surface area contributed by atoms with Crippen LogP contribution in [0.3, 0.4) is 0 Å². The van der Waals surface area contributed by atoms with Crippen molar-refractivity contribution in [2.75, 3.05) is 7.11 Å². The first-order chi connectivity index (χ1) is 16.7. The molecule has 1 heterocycles. The fourth-order valence-electron chi connectivity index (χ4n) is 3.39. The molecule has 0 atom stereocenters. The van der Waals surface area contributed by atoms with Crippen molar-refractivity contribution in [1.29, 1.82) is 0 Å². The Balaban J connectivity index is 1.19. The maximum atomic E-state index is 12.3. The van der Waals surface area contributed by atoms with Crippen molar-refractivity contribution in [1.82, 2.24) is 15.5 Å². The number of aryl methyl sites for hydroxylation is 1. The van der Waals surface area contributed by atoms with Crippen molar-refractivity contribution in [3.63, 3.8) is 0 Å². The van der Waals surface area contributed by atoms with Crippen molar-refractivity contribution >= 4 is 5.91 Å². The second-order valence-electron chi connectivity index (χ2n) is 7.79. The van der Waals surface area contributed by atoms with Gasteiger partial charge in [-0.05, 0) is 53.9 Å². The molecule has 0 aliphatic heterocycles. The van der Waals surface area contributed by atoms with Gasteiger partial charge in [0.2, 0.25) is 17.6 Å². The molecule has 0 radical (unpaired) electrons. The van der Waals surface area contributed by atoms with Gasteiger partial charge in [0.25, 0.3) is 0 Å². The Bertz CT molecular complexity index is 1190. The van der Waals surface area contributed by atoms with Crippen molar-refractivity contribution in [3.05, 3.63) is 95.9 Å². The summed E-state index contributed by atoms with van der Waals surface area (Å²) in [4.78, 5) is 16.7. The average Bonchev–Trinajstić information content (AvgIpc) is 3.36. The van der Waals surface area contributed by atoms with Crippen LogP contribution in [-0.2, 0) is 24.4 Å². The van der Waals surface area contributed by atoms with E-state index >= 15 is 0 Å². The van der Waals surface area contributed by atoms with Crippen LogP contribution in [0.4, 0.5) is 0 Å². The van der Waals surface area contributed by atoms with Crippen molar-refractivity contribution in [2.45, 2.75) is 32.4 Å². The molecule has 7 nitrogen and oxygen atoms in total. The van der Waals surface area contributed by atoms with Crippen LogP contribution >= 0.6 is 0 Å². The Hall–Kier alpha value is -4.13. The maximum Gasteiger partial charge on any atom is 0.226 e. The summed E-state index contributed by atoms with van der Waals surface area (Å²) in [5.41, 5.74) is 2.95. The molecule has 7 heteroatoms. The number of nitrogens with zero attached hydrogens (tertiary/aromatic N) is 2. The first-order valence-electron chi connectivity index (χ1n) is 11.2. The standard InChI is InChI=1S/C27H27N3O4/c1-32-23-15-13-22(14-16-23)27-29-26(34-30-27)12-6-11-25(31)28-18-21-9-5-10-24(17-21)33-19-20-7-3-2-4-8-20/h2-5,7-10,13-17H,6,11-12,18-19H2,1H3,(H,28,31). The van der Waals surface area contributed by atoms with E-state index in [1.807, 2.05) is 78.9 Å².